The van der Waals surface area contributed by atoms with Crippen LogP contribution in [0, 0.1) is 0 Å². The summed E-state index contributed by atoms with van der Waals surface area (Å²) in [4.78, 5) is 0. The minimum Gasteiger partial charge on any atom is -0.468 e. The molecule has 1 unspecified atom stereocenters. The summed E-state index contributed by atoms with van der Waals surface area (Å²) in [7, 11) is 0. The number of fused-ring (bicyclic) bond motifs is 1. The smallest absolute Gasteiger partial charge is 0.120 e. The Morgan fingerprint density at radius 3 is 3.00 bits per heavy atom. The van der Waals surface area contributed by atoms with E-state index in [1.807, 2.05) is 12.1 Å². The lowest BCUT2D eigenvalue weighted by atomic mass is 10.2. The number of nitrogens with one attached hydrogen (secondary N) is 1. The van der Waals surface area contributed by atoms with Crippen molar-refractivity contribution in [3.05, 3.63) is 59.1 Å². The van der Waals surface area contributed by atoms with E-state index in [0.29, 0.717) is 0 Å². The van der Waals surface area contributed by atoms with Crippen molar-refractivity contribution in [3.63, 3.8) is 0 Å². The maximum Gasteiger partial charge on any atom is 0.120 e. The molecule has 2 heterocycles. The molecule has 2 aromatic heterocycles. The number of aromatic nitrogens is 1. The van der Waals surface area contributed by atoms with Crippen molar-refractivity contribution in [1.82, 2.24) is 9.88 Å². The number of benzene rings is 1. The first-order valence-corrected chi connectivity index (χ1v) is 7.54. The molecule has 0 aliphatic heterocycles. The van der Waals surface area contributed by atoms with Crippen molar-refractivity contribution in [2.75, 3.05) is 6.54 Å². The maximum absolute atomic E-state index is 5.39. The Morgan fingerprint density at radius 1 is 1.30 bits per heavy atom. The van der Waals surface area contributed by atoms with Gasteiger partial charge in [-0.2, -0.15) is 0 Å². The molecule has 3 nitrogen and oxygen atoms in total. The van der Waals surface area contributed by atoms with Gasteiger partial charge < -0.3 is 14.3 Å². The van der Waals surface area contributed by atoms with Crippen LogP contribution in [-0.2, 0) is 6.54 Å². The van der Waals surface area contributed by atoms with Gasteiger partial charge in [-0.1, -0.05) is 22.0 Å². The van der Waals surface area contributed by atoms with E-state index < -0.39 is 0 Å². The summed E-state index contributed by atoms with van der Waals surface area (Å²) >= 11 is 3.53. The number of furan rings is 1. The van der Waals surface area contributed by atoms with Crippen molar-refractivity contribution < 1.29 is 4.42 Å². The fourth-order valence-corrected chi connectivity index (χ4v) is 2.74. The highest BCUT2D eigenvalue weighted by Crippen LogP contribution is 2.20. The fraction of sp³-hybridized carbons (Fsp3) is 0.250. The largest absolute Gasteiger partial charge is 0.468 e. The lowest BCUT2D eigenvalue weighted by Crippen LogP contribution is -2.22. The maximum atomic E-state index is 5.39. The Morgan fingerprint density at radius 2 is 2.20 bits per heavy atom. The lowest BCUT2D eigenvalue weighted by Gasteiger charge is -2.12. The molecule has 1 N–H and O–H groups in total. The van der Waals surface area contributed by atoms with E-state index in [1.165, 1.54) is 10.9 Å². The van der Waals surface area contributed by atoms with Gasteiger partial charge in [0.2, 0.25) is 0 Å². The van der Waals surface area contributed by atoms with Crippen LogP contribution in [0.25, 0.3) is 10.9 Å². The zero-order valence-electron chi connectivity index (χ0n) is 11.3. The summed E-state index contributed by atoms with van der Waals surface area (Å²) in [5.41, 5.74) is 1.26. The van der Waals surface area contributed by atoms with E-state index >= 15 is 0 Å². The molecule has 1 atom stereocenters. The summed E-state index contributed by atoms with van der Waals surface area (Å²) < 4.78 is 8.77. The minimum atomic E-state index is 0.235. The zero-order chi connectivity index (χ0) is 13.9. The van der Waals surface area contributed by atoms with Crippen LogP contribution in [0.4, 0.5) is 0 Å². The zero-order valence-corrected chi connectivity index (χ0v) is 12.9. The van der Waals surface area contributed by atoms with Gasteiger partial charge in [0.25, 0.3) is 0 Å². The third-order valence-corrected chi connectivity index (χ3v) is 4.00. The molecule has 0 fully saturated rings. The summed E-state index contributed by atoms with van der Waals surface area (Å²) in [5, 5.41) is 4.75. The monoisotopic (exact) mass is 332 g/mol. The van der Waals surface area contributed by atoms with Crippen LogP contribution in [0.1, 0.15) is 18.7 Å². The number of halogens is 1. The highest BCUT2D eigenvalue weighted by Gasteiger charge is 2.07. The third-order valence-electron chi connectivity index (χ3n) is 3.51. The van der Waals surface area contributed by atoms with Gasteiger partial charge in [0.05, 0.1) is 12.3 Å². The lowest BCUT2D eigenvalue weighted by molar-refractivity contribution is 0.425. The molecule has 0 spiro atoms. The van der Waals surface area contributed by atoms with E-state index in [-0.39, 0.29) is 6.04 Å². The van der Waals surface area contributed by atoms with E-state index in [4.69, 9.17) is 4.42 Å². The van der Waals surface area contributed by atoms with E-state index in [2.05, 4.69) is 63.2 Å². The molecule has 0 aliphatic rings. The Hall–Kier alpha value is -1.52. The second kappa shape index (κ2) is 5.85. The van der Waals surface area contributed by atoms with Crippen molar-refractivity contribution in [3.8, 4) is 0 Å². The van der Waals surface area contributed by atoms with E-state index in [1.54, 1.807) is 6.26 Å². The first kappa shape index (κ1) is 13.5. The van der Waals surface area contributed by atoms with E-state index in [0.717, 1.165) is 23.3 Å². The average Bonchev–Trinajstić information content (AvgIpc) is 3.08. The van der Waals surface area contributed by atoms with Crippen molar-refractivity contribution in [2.45, 2.75) is 19.5 Å². The molecule has 0 bridgehead atoms. The van der Waals surface area contributed by atoms with Crippen molar-refractivity contribution in [1.29, 1.82) is 0 Å². The number of hydrogen-bond donors (Lipinski definition) is 1. The molecule has 1 aromatic carbocycles. The molecular formula is C16H17BrN2O. The molecule has 0 aliphatic carbocycles. The predicted octanol–water partition coefficient (Wildman–Crippen LogP) is 4.35. The van der Waals surface area contributed by atoms with Crippen molar-refractivity contribution >= 4 is 26.8 Å². The summed E-state index contributed by atoms with van der Waals surface area (Å²) in [6, 6.07) is 12.7. The molecule has 20 heavy (non-hydrogen) atoms. The molecule has 3 rings (SSSR count). The fourth-order valence-electron chi connectivity index (χ4n) is 2.39. The van der Waals surface area contributed by atoms with Gasteiger partial charge in [-0.3, -0.25) is 0 Å². The highest BCUT2D eigenvalue weighted by molar-refractivity contribution is 9.10. The van der Waals surface area contributed by atoms with Gasteiger partial charge in [0.15, 0.2) is 0 Å². The molecular weight excluding hydrogens is 316 g/mol. The Labute approximate surface area is 126 Å². The molecule has 3 aromatic rings. The van der Waals surface area contributed by atoms with E-state index in [9.17, 15) is 0 Å². The quantitative estimate of drug-likeness (QED) is 0.752. The van der Waals surface area contributed by atoms with Crippen LogP contribution < -0.4 is 5.32 Å². The van der Waals surface area contributed by atoms with Crippen LogP contribution >= 0.6 is 15.9 Å². The summed E-state index contributed by atoms with van der Waals surface area (Å²) in [6.45, 7) is 3.95. The van der Waals surface area contributed by atoms with Crippen LogP contribution in [0.15, 0.2) is 57.7 Å². The molecule has 0 radical (unpaired) electrons. The van der Waals surface area contributed by atoms with Crippen LogP contribution in [0.2, 0.25) is 0 Å². The molecule has 0 amide bonds. The molecule has 0 saturated heterocycles. The Kier molecular flexibility index (Phi) is 3.94. The predicted molar refractivity (Wildman–Crippen MR) is 84.8 cm³/mol. The number of hydrogen-bond acceptors (Lipinski definition) is 2. The Balaban J connectivity index is 1.64. The summed E-state index contributed by atoms with van der Waals surface area (Å²) in [6.07, 6.45) is 3.85. The van der Waals surface area contributed by atoms with Crippen molar-refractivity contribution in [2.24, 2.45) is 0 Å². The molecule has 104 valence electrons. The van der Waals surface area contributed by atoms with Crippen LogP contribution in [0.5, 0.6) is 0 Å². The number of rotatable bonds is 5. The minimum absolute atomic E-state index is 0.235. The Bertz CT molecular complexity index is 688. The van der Waals surface area contributed by atoms with Gasteiger partial charge in [0.1, 0.15) is 5.76 Å². The number of nitrogens with zero attached hydrogens (tertiary/aromatic N) is 1. The van der Waals surface area contributed by atoms with Gasteiger partial charge in [-0.25, -0.2) is 0 Å². The first-order valence-electron chi connectivity index (χ1n) is 6.75. The second-order valence-corrected chi connectivity index (χ2v) is 5.82. The van der Waals surface area contributed by atoms with Gasteiger partial charge >= 0.3 is 0 Å². The average molecular weight is 333 g/mol. The SMILES string of the molecule is CC(NCCn1ccc2ccc(Br)cc21)c1ccco1. The third kappa shape index (κ3) is 2.81. The standard InChI is InChI=1S/C16H17BrN2O/c1-12(16-3-2-10-20-16)18-7-9-19-8-6-13-4-5-14(17)11-15(13)19/h2-6,8,10-12,18H,7,9H2,1H3. The van der Waals surface area contributed by atoms with Crippen LogP contribution in [-0.4, -0.2) is 11.1 Å². The normalized spacial score (nSPS) is 12.9. The van der Waals surface area contributed by atoms with Gasteiger partial charge in [-0.15, -0.1) is 0 Å². The molecule has 0 saturated carbocycles. The topological polar surface area (TPSA) is 30.1 Å². The highest BCUT2D eigenvalue weighted by atomic mass is 79.9. The molecule has 4 heteroatoms. The first-order chi connectivity index (χ1) is 9.74. The van der Waals surface area contributed by atoms with Gasteiger partial charge in [-0.05, 0) is 42.6 Å². The van der Waals surface area contributed by atoms with Gasteiger partial charge in [0, 0.05) is 29.3 Å². The summed E-state index contributed by atoms with van der Waals surface area (Å²) in [5.74, 6) is 0.977. The second-order valence-electron chi connectivity index (χ2n) is 4.90. The van der Waals surface area contributed by atoms with Crippen LogP contribution in [0.3, 0.4) is 0 Å².